The van der Waals surface area contributed by atoms with Crippen LogP contribution in [0.5, 0.6) is 0 Å². The van der Waals surface area contributed by atoms with Crippen LogP contribution >= 0.6 is 11.3 Å². The smallest absolute Gasteiger partial charge is 0.0346 e. The van der Waals surface area contributed by atoms with E-state index in [1.54, 1.807) is 0 Å². The number of thiophene rings is 1. The summed E-state index contributed by atoms with van der Waals surface area (Å²) in [6.07, 6.45) is 16.8. The lowest BCUT2D eigenvalue weighted by molar-refractivity contribution is 0.504. The first-order valence-electron chi connectivity index (χ1n) is 9.39. The number of pyridine rings is 1. The highest BCUT2D eigenvalue weighted by Crippen LogP contribution is 2.27. The van der Waals surface area contributed by atoms with Gasteiger partial charge in [0, 0.05) is 22.1 Å². The third-order valence-corrected chi connectivity index (χ3v) is 5.25. The second kappa shape index (κ2) is 13.3. The van der Waals surface area contributed by atoms with E-state index in [1.807, 2.05) is 49.7 Å². The van der Waals surface area contributed by atoms with Crippen molar-refractivity contribution in [3.05, 3.63) is 41.5 Å². The van der Waals surface area contributed by atoms with Gasteiger partial charge in [-0.15, -0.1) is 11.3 Å². The van der Waals surface area contributed by atoms with Crippen LogP contribution in [-0.4, -0.2) is 4.98 Å². The summed E-state index contributed by atoms with van der Waals surface area (Å²) in [5, 5.41) is 0. The predicted molar refractivity (Wildman–Crippen MR) is 105 cm³/mol. The number of rotatable bonds is 2. The van der Waals surface area contributed by atoms with Crippen LogP contribution in [0.3, 0.4) is 0 Å². The maximum Gasteiger partial charge on any atom is 0.0346 e. The van der Waals surface area contributed by atoms with Crippen LogP contribution in [0.2, 0.25) is 0 Å². The van der Waals surface area contributed by atoms with Gasteiger partial charge in [0.1, 0.15) is 0 Å². The Morgan fingerprint density at radius 2 is 1.26 bits per heavy atom. The summed E-state index contributed by atoms with van der Waals surface area (Å²) in [7, 11) is 0. The lowest BCUT2D eigenvalue weighted by Gasteiger charge is -2.05. The Bertz CT molecular complexity index is 466. The Kier molecular flexibility index (Phi) is 11.5. The predicted octanol–water partition coefficient (Wildman–Crippen LogP) is 7.52. The lowest BCUT2D eigenvalue weighted by atomic mass is 10.0. The maximum absolute atomic E-state index is 4.00. The van der Waals surface area contributed by atoms with Gasteiger partial charge in [-0.05, 0) is 36.2 Å². The van der Waals surface area contributed by atoms with Gasteiger partial charge in [0.25, 0.3) is 0 Å². The normalized spacial score (nSPS) is 14.4. The summed E-state index contributed by atoms with van der Waals surface area (Å²) < 4.78 is 0. The molecular formula is C21H33NS. The van der Waals surface area contributed by atoms with Crippen LogP contribution < -0.4 is 0 Å². The highest BCUT2D eigenvalue weighted by Gasteiger charge is 2.00. The first kappa shape index (κ1) is 19.9. The van der Waals surface area contributed by atoms with E-state index in [0.717, 1.165) is 6.42 Å². The summed E-state index contributed by atoms with van der Waals surface area (Å²) in [5.74, 6) is 0. The van der Waals surface area contributed by atoms with Crippen molar-refractivity contribution in [3.63, 3.8) is 0 Å². The van der Waals surface area contributed by atoms with Crippen molar-refractivity contribution in [1.82, 2.24) is 4.98 Å². The molecular weight excluding hydrogens is 298 g/mol. The third-order valence-electron chi connectivity index (χ3n) is 3.97. The third kappa shape index (κ3) is 8.31. The van der Waals surface area contributed by atoms with Gasteiger partial charge in [-0.1, -0.05) is 72.1 Å². The molecule has 0 spiro atoms. The standard InChI is InChI=1S/C11H11NS.C8H16.C2H6/c1-2-10-3-4-11(13-10)9-5-7-12-8-6-9;1-2-4-6-8-7-5-3-1;1-2/h3-8H,2H2,1H3;1-8H2;1-2H3. The summed E-state index contributed by atoms with van der Waals surface area (Å²) in [4.78, 5) is 6.77. The Balaban J connectivity index is 0.000000228. The molecule has 0 atom stereocenters. The van der Waals surface area contributed by atoms with Crippen LogP contribution in [0.25, 0.3) is 10.4 Å². The monoisotopic (exact) mass is 331 g/mol. The molecule has 1 saturated carbocycles. The number of hydrogen-bond donors (Lipinski definition) is 0. The van der Waals surface area contributed by atoms with E-state index in [2.05, 4.69) is 24.0 Å². The number of aromatic nitrogens is 1. The van der Waals surface area contributed by atoms with Crippen molar-refractivity contribution in [1.29, 1.82) is 0 Å². The van der Waals surface area contributed by atoms with E-state index >= 15 is 0 Å². The molecule has 0 amide bonds. The molecule has 1 aliphatic carbocycles. The van der Waals surface area contributed by atoms with Crippen molar-refractivity contribution in [2.45, 2.75) is 78.6 Å². The fourth-order valence-electron chi connectivity index (χ4n) is 2.65. The lowest BCUT2D eigenvalue weighted by Crippen LogP contribution is -1.85. The minimum atomic E-state index is 1.12. The molecule has 1 nitrogen and oxygen atoms in total. The minimum absolute atomic E-state index is 1.12. The van der Waals surface area contributed by atoms with Crippen molar-refractivity contribution in [2.24, 2.45) is 0 Å². The van der Waals surface area contributed by atoms with Crippen molar-refractivity contribution in [3.8, 4) is 10.4 Å². The summed E-state index contributed by atoms with van der Waals surface area (Å²) in [6, 6.07) is 8.47. The van der Waals surface area contributed by atoms with Crippen LogP contribution in [0.4, 0.5) is 0 Å². The second-order valence-corrected chi connectivity index (χ2v) is 6.85. The largest absolute Gasteiger partial charge is 0.265 e. The van der Waals surface area contributed by atoms with Gasteiger partial charge in [-0.25, -0.2) is 0 Å². The fourth-order valence-corrected chi connectivity index (χ4v) is 3.61. The van der Waals surface area contributed by atoms with Crippen LogP contribution in [0.1, 0.15) is 77.0 Å². The number of nitrogens with zero attached hydrogens (tertiary/aromatic N) is 1. The number of hydrogen-bond acceptors (Lipinski definition) is 2. The van der Waals surface area contributed by atoms with Crippen LogP contribution in [0, 0.1) is 0 Å². The first-order valence-corrected chi connectivity index (χ1v) is 10.2. The molecule has 0 aromatic carbocycles. The van der Waals surface area contributed by atoms with Gasteiger partial charge in [-0.2, -0.15) is 0 Å². The first-order chi connectivity index (χ1) is 11.4. The molecule has 2 heterocycles. The molecule has 2 aromatic heterocycles. The Morgan fingerprint density at radius 1 is 0.783 bits per heavy atom. The number of aryl methyl sites for hydroxylation is 1. The summed E-state index contributed by atoms with van der Waals surface area (Å²) in [5.41, 5.74) is 1.26. The van der Waals surface area contributed by atoms with Crippen molar-refractivity contribution in [2.75, 3.05) is 0 Å². The molecule has 0 bridgehead atoms. The van der Waals surface area contributed by atoms with Crippen LogP contribution in [0.15, 0.2) is 36.7 Å². The van der Waals surface area contributed by atoms with Gasteiger partial charge >= 0.3 is 0 Å². The molecule has 23 heavy (non-hydrogen) atoms. The molecule has 1 fully saturated rings. The van der Waals surface area contributed by atoms with Gasteiger partial charge in [0.15, 0.2) is 0 Å². The molecule has 0 unspecified atom stereocenters. The van der Waals surface area contributed by atoms with E-state index in [4.69, 9.17) is 0 Å². The quantitative estimate of drug-likeness (QED) is 0.554. The highest BCUT2D eigenvalue weighted by molar-refractivity contribution is 7.15. The van der Waals surface area contributed by atoms with Crippen LogP contribution in [-0.2, 0) is 6.42 Å². The molecule has 2 heteroatoms. The average molecular weight is 332 g/mol. The highest BCUT2D eigenvalue weighted by atomic mass is 32.1. The zero-order valence-electron chi connectivity index (χ0n) is 15.2. The zero-order chi connectivity index (χ0) is 16.8. The maximum atomic E-state index is 4.00. The second-order valence-electron chi connectivity index (χ2n) is 5.68. The van der Waals surface area contributed by atoms with Gasteiger partial charge < -0.3 is 0 Å². The topological polar surface area (TPSA) is 12.9 Å². The minimum Gasteiger partial charge on any atom is -0.265 e. The Hall–Kier alpha value is -1.15. The molecule has 3 rings (SSSR count). The molecule has 1 aliphatic rings. The molecule has 0 radical (unpaired) electrons. The van der Waals surface area contributed by atoms with E-state index < -0.39 is 0 Å². The molecule has 0 aliphatic heterocycles. The molecule has 0 N–H and O–H groups in total. The SMILES string of the molecule is C1CCCCCCC1.CC.CCc1ccc(-c2ccncc2)s1. The van der Waals surface area contributed by atoms with Crippen molar-refractivity contribution < 1.29 is 0 Å². The van der Waals surface area contributed by atoms with Gasteiger partial charge in [0.2, 0.25) is 0 Å². The zero-order valence-corrected chi connectivity index (χ0v) is 16.0. The van der Waals surface area contributed by atoms with Crippen molar-refractivity contribution >= 4 is 11.3 Å². The van der Waals surface area contributed by atoms with E-state index in [0.29, 0.717) is 0 Å². The van der Waals surface area contributed by atoms with E-state index in [9.17, 15) is 0 Å². The van der Waals surface area contributed by atoms with E-state index in [-0.39, 0.29) is 0 Å². The van der Waals surface area contributed by atoms with Gasteiger partial charge in [0.05, 0.1) is 0 Å². The average Bonchev–Trinajstić information content (AvgIpc) is 3.07. The summed E-state index contributed by atoms with van der Waals surface area (Å²) in [6.45, 7) is 6.18. The summed E-state index contributed by atoms with van der Waals surface area (Å²) >= 11 is 1.86. The van der Waals surface area contributed by atoms with Gasteiger partial charge in [-0.3, -0.25) is 4.98 Å². The fraction of sp³-hybridized carbons (Fsp3) is 0.571. The Labute approximate surface area is 147 Å². The Morgan fingerprint density at radius 3 is 1.65 bits per heavy atom. The molecule has 0 saturated heterocycles. The molecule has 128 valence electrons. The molecule has 2 aromatic rings. The van der Waals surface area contributed by atoms with E-state index in [1.165, 1.54) is 66.7 Å².